The van der Waals surface area contributed by atoms with Crippen molar-refractivity contribution in [1.82, 2.24) is 10.4 Å². The van der Waals surface area contributed by atoms with Gasteiger partial charge in [-0.3, -0.25) is 14.8 Å². The summed E-state index contributed by atoms with van der Waals surface area (Å²) >= 11 is 0. The molecule has 2 aromatic rings. The van der Waals surface area contributed by atoms with E-state index in [1.54, 1.807) is 11.6 Å². The molecule has 1 aliphatic carbocycles. The van der Waals surface area contributed by atoms with Crippen LogP contribution in [0.2, 0.25) is 0 Å². The Balaban J connectivity index is 1.44. The van der Waals surface area contributed by atoms with E-state index in [1.165, 1.54) is 6.08 Å². The van der Waals surface area contributed by atoms with Crippen molar-refractivity contribution < 1.29 is 14.8 Å². The van der Waals surface area contributed by atoms with Gasteiger partial charge in [0.25, 0.3) is 5.91 Å². The van der Waals surface area contributed by atoms with Crippen LogP contribution in [0.25, 0.3) is 6.08 Å². The third-order valence-electron chi connectivity index (χ3n) is 5.85. The molecule has 2 aromatic carbocycles. The number of hydrogen-bond donors (Lipinski definition) is 2. The van der Waals surface area contributed by atoms with E-state index < -0.39 is 5.91 Å². The normalized spacial score (nSPS) is 18.0. The molecule has 1 saturated carbocycles. The Morgan fingerprint density at radius 2 is 1.59 bits per heavy atom. The molecule has 4 rings (SSSR count). The largest absolute Gasteiger partial charge is 0.367 e. The van der Waals surface area contributed by atoms with Gasteiger partial charge in [0.05, 0.1) is 5.41 Å². The molecule has 2 amide bonds. The van der Waals surface area contributed by atoms with Crippen LogP contribution in [0.15, 0.2) is 60.7 Å². The van der Waals surface area contributed by atoms with Gasteiger partial charge in [-0.15, -0.1) is 0 Å². The third kappa shape index (κ3) is 3.89. The van der Waals surface area contributed by atoms with Crippen LogP contribution in [-0.4, -0.2) is 48.1 Å². The Morgan fingerprint density at radius 1 is 0.931 bits per heavy atom. The summed E-state index contributed by atoms with van der Waals surface area (Å²) in [5.74, 6) is -0.318. The van der Waals surface area contributed by atoms with Crippen LogP contribution in [0.5, 0.6) is 0 Å². The van der Waals surface area contributed by atoms with Crippen molar-refractivity contribution in [3.05, 3.63) is 71.8 Å². The quantitative estimate of drug-likeness (QED) is 0.467. The van der Waals surface area contributed by atoms with Crippen molar-refractivity contribution in [1.29, 1.82) is 0 Å². The summed E-state index contributed by atoms with van der Waals surface area (Å²) in [7, 11) is 0. The number of para-hydroxylation sites is 1. The minimum atomic E-state index is -0.564. The monoisotopic (exact) mass is 391 g/mol. The van der Waals surface area contributed by atoms with Gasteiger partial charge in [0.2, 0.25) is 5.91 Å². The number of amides is 2. The van der Waals surface area contributed by atoms with E-state index in [9.17, 15) is 9.59 Å². The second kappa shape index (κ2) is 8.09. The number of nitrogens with zero attached hydrogens (tertiary/aromatic N) is 2. The maximum Gasteiger partial charge on any atom is 0.267 e. The summed E-state index contributed by atoms with van der Waals surface area (Å²) in [5.41, 5.74) is 4.34. The molecule has 1 saturated heterocycles. The van der Waals surface area contributed by atoms with Crippen LogP contribution in [0.1, 0.15) is 24.0 Å². The number of nitrogens with one attached hydrogen (secondary N) is 1. The van der Waals surface area contributed by atoms with E-state index >= 15 is 0 Å². The first kappa shape index (κ1) is 19.2. The van der Waals surface area contributed by atoms with Gasteiger partial charge in [0.1, 0.15) is 0 Å². The zero-order chi connectivity index (χ0) is 20.3. The van der Waals surface area contributed by atoms with Gasteiger partial charge in [-0.1, -0.05) is 48.5 Å². The molecule has 6 nitrogen and oxygen atoms in total. The maximum absolute atomic E-state index is 13.2. The predicted octanol–water partition coefficient (Wildman–Crippen LogP) is 2.59. The molecule has 150 valence electrons. The summed E-state index contributed by atoms with van der Waals surface area (Å²) in [5, 5.41) is 8.67. The second-order valence-corrected chi connectivity index (χ2v) is 7.60. The van der Waals surface area contributed by atoms with Crippen LogP contribution in [0.4, 0.5) is 5.69 Å². The number of anilines is 1. The molecule has 2 aliphatic rings. The zero-order valence-corrected chi connectivity index (χ0v) is 16.3. The first-order chi connectivity index (χ1) is 14.1. The van der Waals surface area contributed by atoms with Crippen LogP contribution in [0, 0.1) is 0 Å². The van der Waals surface area contributed by atoms with Crippen LogP contribution >= 0.6 is 0 Å². The lowest BCUT2D eigenvalue weighted by molar-refractivity contribution is -0.134. The van der Waals surface area contributed by atoms with Crippen molar-refractivity contribution in [2.45, 2.75) is 18.3 Å². The molecule has 0 aromatic heterocycles. The van der Waals surface area contributed by atoms with Crippen molar-refractivity contribution in [3.63, 3.8) is 0 Å². The Bertz CT molecular complexity index is 914. The van der Waals surface area contributed by atoms with Crippen molar-refractivity contribution >= 4 is 23.6 Å². The van der Waals surface area contributed by atoms with E-state index in [0.29, 0.717) is 13.1 Å². The Labute approximate surface area is 170 Å². The third-order valence-corrected chi connectivity index (χ3v) is 5.85. The van der Waals surface area contributed by atoms with Crippen LogP contribution < -0.4 is 10.4 Å². The minimum absolute atomic E-state index is 0.246. The topological polar surface area (TPSA) is 72.9 Å². The number of piperazine rings is 1. The van der Waals surface area contributed by atoms with E-state index in [2.05, 4.69) is 17.0 Å². The van der Waals surface area contributed by atoms with Gasteiger partial charge < -0.3 is 9.80 Å². The molecule has 0 spiro atoms. The second-order valence-electron chi connectivity index (χ2n) is 7.60. The van der Waals surface area contributed by atoms with Crippen molar-refractivity contribution in [2.75, 3.05) is 31.1 Å². The Hall–Kier alpha value is -3.12. The Kier molecular flexibility index (Phi) is 5.36. The van der Waals surface area contributed by atoms with Crippen LogP contribution in [-0.2, 0) is 15.0 Å². The molecule has 0 bridgehead atoms. The number of rotatable bonds is 5. The predicted molar refractivity (Wildman–Crippen MR) is 112 cm³/mol. The average molecular weight is 391 g/mol. The van der Waals surface area contributed by atoms with E-state index in [4.69, 9.17) is 5.21 Å². The highest BCUT2D eigenvalue weighted by atomic mass is 16.5. The molecule has 6 heteroatoms. The summed E-state index contributed by atoms with van der Waals surface area (Å²) in [6.07, 6.45) is 4.84. The van der Waals surface area contributed by atoms with E-state index in [-0.39, 0.29) is 11.3 Å². The smallest absolute Gasteiger partial charge is 0.267 e. The van der Waals surface area contributed by atoms with Crippen LogP contribution in [0.3, 0.4) is 0 Å². The molecular weight excluding hydrogens is 366 g/mol. The molecule has 0 radical (unpaired) electrons. The number of carbonyl (C=O) groups is 2. The lowest BCUT2D eigenvalue weighted by atomic mass is 9.94. The molecular formula is C23H25N3O3. The number of carbonyl (C=O) groups excluding carboxylic acids is 2. The van der Waals surface area contributed by atoms with Gasteiger partial charge in [-0.2, -0.15) is 0 Å². The Morgan fingerprint density at radius 3 is 2.24 bits per heavy atom. The summed E-state index contributed by atoms with van der Waals surface area (Å²) in [4.78, 5) is 28.8. The highest BCUT2D eigenvalue weighted by Crippen LogP contribution is 2.49. The molecule has 2 fully saturated rings. The van der Waals surface area contributed by atoms with Gasteiger partial charge >= 0.3 is 0 Å². The van der Waals surface area contributed by atoms with Crippen molar-refractivity contribution in [2.24, 2.45) is 0 Å². The summed E-state index contributed by atoms with van der Waals surface area (Å²) < 4.78 is 0. The van der Waals surface area contributed by atoms with Gasteiger partial charge in [-0.25, -0.2) is 5.48 Å². The fourth-order valence-corrected chi connectivity index (χ4v) is 4.08. The fraction of sp³-hybridized carbons (Fsp3) is 0.304. The SMILES string of the molecule is O=C(C=Cc1ccccc1N1CCN(C(=O)C2(c3ccccc3)CC2)CC1)NO. The molecule has 0 atom stereocenters. The van der Waals surface area contributed by atoms with Gasteiger partial charge in [0.15, 0.2) is 0 Å². The van der Waals surface area contributed by atoms with Gasteiger partial charge in [0, 0.05) is 37.9 Å². The van der Waals surface area contributed by atoms with Gasteiger partial charge in [-0.05, 0) is 36.1 Å². The lowest BCUT2D eigenvalue weighted by Gasteiger charge is -2.38. The number of benzene rings is 2. The van der Waals surface area contributed by atoms with E-state index in [1.807, 2.05) is 47.4 Å². The fourth-order valence-electron chi connectivity index (χ4n) is 4.08. The molecule has 1 aliphatic heterocycles. The first-order valence-electron chi connectivity index (χ1n) is 9.95. The lowest BCUT2D eigenvalue weighted by Crippen LogP contribution is -2.51. The molecule has 2 N–H and O–H groups in total. The first-order valence-corrected chi connectivity index (χ1v) is 9.95. The molecule has 1 heterocycles. The standard InChI is InChI=1S/C23H25N3O3/c27-21(24-29)11-10-18-6-4-5-9-20(18)25-14-16-26(17-15-25)22(28)23(12-13-23)19-7-2-1-3-8-19/h1-11,29H,12-17H2,(H,24,27). The molecule has 0 unspecified atom stereocenters. The highest BCUT2D eigenvalue weighted by molar-refractivity contribution is 5.92. The zero-order valence-electron chi connectivity index (χ0n) is 16.3. The average Bonchev–Trinajstić information content (AvgIpc) is 3.60. The number of hydrogen-bond acceptors (Lipinski definition) is 4. The summed E-state index contributed by atoms with van der Waals surface area (Å²) in [6, 6.07) is 17.9. The molecule has 29 heavy (non-hydrogen) atoms. The maximum atomic E-state index is 13.2. The highest BCUT2D eigenvalue weighted by Gasteiger charge is 2.53. The number of hydroxylamine groups is 1. The van der Waals surface area contributed by atoms with E-state index in [0.717, 1.165) is 42.7 Å². The minimum Gasteiger partial charge on any atom is -0.367 e. The summed E-state index contributed by atoms with van der Waals surface area (Å²) in [6.45, 7) is 2.85. The van der Waals surface area contributed by atoms with Crippen molar-refractivity contribution in [3.8, 4) is 0 Å².